The van der Waals surface area contributed by atoms with E-state index in [2.05, 4.69) is 23.5 Å². The number of esters is 2. The number of benzene rings is 2. The molecule has 60 heavy (non-hydrogen) atoms. The first kappa shape index (κ1) is 48.3. The number of amides is 2. The van der Waals surface area contributed by atoms with E-state index in [-0.39, 0.29) is 41.9 Å². The zero-order chi connectivity index (χ0) is 44.5. The van der Waals surface area contributed by atoms with Gasteiger partial charge in [-0.3, -0.25) is 9.59 Å². The molecule has 1 N–H and O–H groups in total. The lowest BCUT2D eigenvalue weighted by atomic mass is 9.85. The Hall–Kier alpha value is -4.32. The first-order valence-corrected chi connectivity index (χ1v) is 21.8. The van der Waals surface area contributed by atoms with Crippen molar-refractivity contribution in [2.24, 2.45) is 23.7 Å². The molecule has 0 radical (unpaired) electrons. The van der Waals surface area contributed by atoms with Crippen molar-refractivity contribution in [3.63, 3.8) is 0 Å². The first-order chi connectivity index (χ1) is 27.8. The number of nitrogens with zero attached hydrogens (tertiary/aromatic N) is 2. The van der Waals surface area contributed by atoms with Gasteiger partial charge in [0.15, 0.2) is 0 Å². The van der Waals surface area contributed by atoms with Crippen LogP contribution in [0, 0.1) is 23.7 Å². The molecule has 12 nitrogen and oxygen atoms in total. The van der Waals surface area contributed by atoms with Crippen molar-refractivity contribution >= 4 is 24.1 Å². The first-order valence-electron chi connectivity index (χ1n) is 21.8. The highest BCUT2D eigenvalue weighted by Gasteiger charge is 2.40. The molecular formula is C48H73N3O9. The largest absolute Gasteiger partial charge is 0.492 e. The molecule has 0 aromatic heterocycles. The Kier molecular flexibility index (Phi) is 16.5. The Morgan fingerprint density at radius 2 is 1.03 bits per heavy atom. The lowest BCUT2D eigenvalue weighted by Crippen LogP contribution is -2.38. The second-order valence-corrected chi connectivity index (χ2v) is 20.5. The second kappa shape index (κ2) is 20.5. The van der Waals surface area contributed by atoms with Crippen molar-refractivity contribution in [3.05, 3.63) is 65.2 Å². The molecule has 4 atom stereocenters. The molecule has 0 spiro atoms. The molecule has 0 unspecified atom stereocenters. The maximum Gasteiger partial charge on any atom is 0.410 e. The van der Waals surface area contributed by atoms with E-state index in [0.29, 0.717) is 65.0 Å². The molecule has 4 rings (SSSR count). The minimum Gasteiger partial charge on any atom is -0.492 e. The van der Waals surface area contributed by atoms with Crippen molar-refractivity contribution in [3.8, 4) is 5.75 Å². The number of rotatable bonds is 15. The number of ether oxygens (including phenoxy) is 5. The van der Waals surface area contributed by atoms with Crippen LogP contribution >= 0.6 is 0 Å². The van der Waals surface area contributed by atoms with Gasteiger partial charge in [0.05, 0.1) is 11.8 Å². The van der Waals surface area contributed by atoms with Gasteiger partial charge in [-0.05, 0) is 162 Å². The van der Waals surface area contributed by atoms with Crippen LogP contribution in [0.25, 0.3) is 0 Å². The maximum absolute atomic E-state index is 13.6. The number of hydrogen-bond donors (Lipinski definition) is 1. The molecule has 2 fully saturated rings. The van der Waals surface area contributed by atoms with E-state index in [4.69, 9.17) is 23.7 Å². The van der Waals surface area contributed by atoms with E-state index >= 15 is 0 Å². The van der Waals surface area contributed by atoms with Gasteiger partial charge in [0.2, 0.25) is 0 Å². The minimum atomic E-state index is -0.631. The second-order valence-electron chi connectivity index (χ2n) is 20.5. The van der Waals surface area contributed by atoms with Crippen LogP contribution in [-0.2, 0) is 47.8 Å². The molecule has 0 bridgehead atoms. The van der Waals surface area contributed by atoms with Crippen LogP contribution in [0.1, 0.15) is 113 Å². The summed E-state index contributed by atoms with van der Waals surface area (Å²) in [6.45, 7) is 26.2. The molecule has 0 saturated carbocycles. The number of hydrogen-bond acceptors (Lipinski definition) is 10. The summed E-state index contributed by atoms with van der Waals surface area (Å²) in [5.74, 6) is -0.676. The zero-order valence-electron chi connectivity index (χ0n) is 38.5. The molecule has 2 aliphatic rings. The van der Waals surface area contributed by atoms with Crippen molar-refractivity contribution in [2.45, 2.75) is 138 Å². The summed E-state index contributed by atoms with van der Waals surface area (Å²) in [5, 5.41) is 3.48. The van der Waals surface area contributed by atoms with Gasteiger partial charge in [-0.25, -0.2) is 9.59 Å². The fraction of sp³-hybridized carbons (Fsp3) is 0.667. The Bertz CT molecular complexity index is 1620. The van der Waals surface area contributed by atoms with Crippen molar-refractivity contribution < 1.29 is 42.9 Å². The fourth-order valence-electron chi connectivity index (χ4n) is 7.64. The van der Waals surface area contributed by atoms with E-state index in [1.807, 2.05) is 113 Å². The van der Waals surface area contributed by atoms with E-state index in [1.165, 1.54) is 0 Å². The SMILES string of the molecule is CC(C)(C)OC(=O)[C@@H](Cc1cccc(CCNCCOc2cccc(C[C@H](C(=O)OC(C)(C)C)[C@H]3CCN(C(=O)OC(C)(C)C)C3)c2)c1)[C@H]1CCN(C(=O)OC(C)(C)C)C1. The van der Waals surface area contributed by atoms with Gasteiger partial charge in [-0.2, -0.15) is 0 Å². The fourth-order valence-corrected chi connectivity index (χ4v) is 7.64. The smallest absolute Gasteiger partial charge is 0.410 e. The molecule has 334 valence electrons. The normalized spacial score (nSPS) is 18.5. The summed E-state index contributed by atoms with van der Waals surface area (Å²) in [6.07, 6.45) is 2.50. The standard InChI is InChI=1S/C48H73N3O9/c1-45(2,3)57-41(52)39(36-20-24-50(31-36)43(54)59-47(7,8)9)29-34-16-13-15-33(27-34)19-22-49-23-26-56-38-18-14-17-35(28-38)30-40(42(53)58-46(4,5)6)37-21-25-51(32-37)44(55)60-48(10,11)12/h13-18,27-28,36-37,39-40,49H,19-26,29-32H2,1-12H3/t36-,37-,39-,40-/m0/s1. The third kappa shape index (κ3) is 16.6. The minimum absolute atomic E-state index is 0.0335. The third-order valence-electron chi connectivity index (χ3n) is 10.2. The summed E-state index contributed by atoms with van der Waals surface area (Å²) >= 11 is 0. The summed E-state index contributed by atoms with van der Waals surface area (Å²) in [6, 6.07) is 16.2. The van der Waals surface area contributed by atoms with Gasteiger partial charge in [-0.15, -0.1) is 0 Å². The lowest BCUT2D eigenvalue weighted by Gasteiger charge is -2.28. The van der Waals surface area contributed by atoms with Crippen molar-refractivity contribution in [1.29, 1.82) is 0 Å². The van der Waals surface area contributed by atoms with Crippen molar-refractivity contribution in [1.82, 2.24) is 15.1 Å². The molecule has 2 aliphatic heterocycles. The Morgan fingerprint density at radius 1 is 0.600 bits per heavy atom. The predicted octanol–water partition coefficient (Wildman–Crippen LogP) is 8.41. The highest BCUT2D eigenvalue weighted by Crippen LogP contribution is 2.33. The average Bonchev–Trinajstić information content (AvgIpc) is 3.80. The highest BCUT2D eigenvalue weighted by molar-refractivity contribution is 5.75. The lowest BCUT2D eigenvalue weighted by molar-refractivity contribution is -0.163. The quantitative estimate of drug-likeness (QED) is 0.106. The Labute approximate surface area is 359 Å². The molecule has 12 heteroatoms. The topological polar surface area (TPSA) is 133 Å². The summed E-state index contributed by atoms with van der Waals surface area (Å²) in [7, 11) is 0. The molecule has 2 saturated heterocycles. The predicted molar refractivity (Wildman–Crippen MR) is 233 cm³/mol. The number of carbonyl (C=O) groups is 4. The van der Waals surface area contributed by atoms with E-state index in [0.717, 1.165) is 35.4 Å². The Morgan fingerprint density at radius 3 is 1.50 bits per heavy atom. The van der Waals surface area contributed by atoms with Crippen LogP contribution in [0.2, 0.25) is 0 Å². The molecule has 2 amide bonds. The Balaban J connectivity index is 1.29. The maximum atomic E-state index is 13.6. The van der Waals surface area contributed by atoms with Gasteiger partial charge < -0.3 is 38.8 Å². The summed E-state index contributed by atoms with van der Waals surface area (Å²) in [4.78, 5) is 56.1. The zero-order valence-corrected chi connectivity index (χ0v) is 38.5. The van der Waals surface area contributed by atoms with Gasteiger partial charge in [0.25, 0.3) is 0 Å². The van der Waals surface area contributed by atoms with Crippen LogP contribution in [0.5, 0.6) is 5.75 Å². The van der Waals surface area contributed by atoms with Crippen LogP contribution in [-0.4, -0.2) is 102 Å². The summed E-state index contributed by atoms with van der Waals surface area (Å²) < 4.78 is 29.1. The third-order valence-corrected chi connectivity index (χ3v) is 10.2. The molecule has 2 heterocycles. The number of likely N-dealkylation sites (tertiary alicyclic amines) is 2. The van der Waals surface area contributed by atoms with Crippen LogP contribution < -0.4 is 10.1 Å². The van der Waals surface area contributed by atoms with Gasteiger partial charge in [0.1, 0.15) is 34.8 Å². The van der Waals surface area contributed by atoms with Crippen LogP contribution in [0.4, 0.5) is 9.59 Å². The monoisotopic (exact) mass is 836 g/mol. The molecular weight excluding hydrogens is 763 g/mol. The highest BCUT2D eigenvalue weighted by atomic mass is 16.6. The molecule has 2 aromatic carbocycles. The summed E-state index contributed by atoms with van der Waals surface area (Å²) in [5.41, 5.74) is 0.760. The van der Waals surface area contributed by atoms with Crippen molar-refractivity contribution in [2.75, 3.05) is 45.9 Å². The van der Waals surface area contributed by atoms with Gasteiger partial charge in [-0.1, -0.05) is 36.4 Å². The van der Waals surface area contributed by atoms with Crippen LogP contribution in [0.3, 0.4) is 0 Å². The van der Waals surface area contributed by atoms with Crippen LogP contribution in [0.15, 0.2) is 48.5 Å². The van der Waals surface area contributed by atoms with E-state index < -0.39 is 28.3 Å². The van der Waals surface area contributed by atoms with Gasteiger partial charge in [0, 0.05) is 32.7 Å². The van der Waals surface area contributed by atoms with Gasteiger partial charge >= 0.3 is 24.1 Å². The molecule has 0 aliphatic carbocycles. The number of nitrogens with one attached hydrogen (secondary N) is 1. The van der Waals surface area contributed by atoms with E-state index in [9.17, 15) is 19.2 Å². The average molecular weight is 836 g/mol. The van der Waals surface area contributed by atoms with E-state index in [1.54, 1.807) is 9.80 Å². The molecule has 2 aromatic rings. The number of carbonyl (C=O) groups excluding carboxylic acids is 4.